The van der Waals surface area contributed by atoms with E-state index in [0.717, 1.165) is 11.1 Å². The van der Waals surface area contributed by atoms with Gasteiger partial charge in [0, 0.05) is 37.5 Å². The molecule has 1 heterocycles. The Morgan fingerprint density at radius 1 is 0.931 bits per heavy atom. The van der Waals surface area contributed by atoms with Gasteiger partial charge < -0.3 is 4.90 Å². The van der Waals surface area contributed by atoms with E-state index in [2.05, 4.69) is 4.90 Å². The summed E-state index contributed by atoms with van der Waals surface area (Å²) in [7, 11) is 0. The molecule has 2 fully saturated rings. The first-order valence-corrected chi connectivity index (χ1v) is 9.61. The fraction of sp³-hybridized carbons (Fsp3) is 0.381. The number of nitro groups is 1. The molecule has 152 valence electrons. The summed E-state index contributed by atoms with van der Waals surface area (Å²) in [6.07, 6.45) is 0.319. The number of amides is 1. The van der Waals surface area contributed by atoms with E-state index in [1.54, 1.807) is 29.2 Å². The number of nitrogens with zero attached hydrogens (tertiary/aromatic N) is 3. The van der Waals surface area contributed by atoms with Crippen molar-refractivity contribution >= 4 is 5.91 Å². The Hall–Kier alpha value is -2.87. The lowest BCUT2D eigenvalue weighted by Gasteiger charge is -2.39. The Bertz CT molecular complexity index is 851. The van der Waals surface area contributed by atoms with Gasteiger partial charge in [-0.1, -0.05) is 24.3 Å². The van der Waals surface area contributed by atoms with Gasteiger partial charge in [-0.25, -0.2) is 8.78 Å². The van der Waals surface area contributed by atoms with Gasteiger partial charge in [-0.15, -0.1) is 0 Å². The number of rotatable bonds is 5. The Kier molecular flexibility index (Phi) is 5.27. The Morgan fingerprint density at radius 2 is 1.41 bits per heavy atom. The standard InChI is InChI=1S/C21H21F2N3O3/c22-16-5-1-14(2-6-16)20(15-3-7-17(23)8-4-15)24-9-11-25(12-10-24)21(27)18-13-19(18)26(28)29/h1-8,18-20H,9-13H2. The van der Waals surface area contributed by atoms with E-state index in [9.17, 15) is 23.7 Å². The molecule has 0 spiro atoms. The summed E-state index contributed by atoms with van der Waals surface area (Å²) in [6.45, 7) is 2.08. The van der Waals surface area contributed by atoms with Gasteiger partial charge in [0.15, 0.2) is 0 Å². The molecule has 1 aliphatic heterocycles. The largest absolute Gasteiger partial charge is 0.340 e. The van der Waals surface area contributed by atoms with Crippen LogP contribution in [0.1, 0.15) is 23.6 Å². The molecule has 1 aliphatic carbocycles. The first-order chi connectivity index (χ1) is 13.9. The molecule has 4 rings (SSSR count). The first-order valence-electron chi connectivity index (χ1n) is 9.61. The summed E-state index contributed by atoms with van der Waals surface area (Å²) < 4.78 is 26.8. The van der Waals surface area contributed by atoms with Crippen molar-refractivity contribution in [3.8, 4) is 0 Å². The molecule has 0 N–H and O–H groups in total. The highest BCUT2D eigenvalue weighted by Gasteiger charge is 2.54. The van der Waals surface area contributed by atoms with Crippen LogP contribution in [0.4, 0.5) is 8.78 Å². The summed E-state index contributed by atoms with van der Waals surface area (Å²) in [5.41, 5.74) is 1.77. The number of benzene rings is 2. The van der Waals surface area contributed by atoms with Gasteiger partial charge in [-0.3, -0.25) is 19.8 Å². The maximum atomic E-state index is 13.4. The highest BCUT2D eigenvalue weighted by molar-refractivity contribution is 5.82. The van der Waals surface area contributed by atoms with Crippen LogP contribution >= 0.6 is 0 Å². The Labute approximate surface area is 166 Å². The van der Waals surface area contributed by atoms with Gasteiger partial charge in [-0.05, 0) is 35.4 Å². The average Bonchev–Trinajstić information content (AvgIpc) is 3.52. The lowest BCUT2D eigenvalue weighted by atomic mass is 9.96. The molecule has 6 nitrogen and oxygen atoms in total. The maximum Gasteiger partial charge on any atom is 0.232 e. The molecule has 1 saturated heterocycles. The number of piperazine rings is 1. The van der Waals surface area contributed by atoms with Crippen molar-refractivity contribution in [3.05, 3.63) is 81.4 Å². The number of hydrogen-bond acceptors (Lipinski definition) is 4. The highest BCUT2D eigenvalue weighted by Crippen LogP contribution is 2.36. The molecule has 8 heteroatoms. The predicted octanol–water partition coefficient (Wildman–Crippen LogP) is 2.86. The van der Waals surface area contributed by atoms with Gasteiger partial charge in [0.2, 0.25) is 11.9 Å². The van der Waals surface area contributed by atoms with Gasteiger partial charge in [0.25, 0.3) is 0 Å². The van der Waals surface area contributed by atoms with Crippen LogP contribution in [0, 0.1) is 27.7 Å². The van der Waals surface area contributed by atoms with E-state index < -0.39 is 12.0 Å². The molecule has 2 atom stereocenters. The maximum absolute atomic E-state index is 13.4. The van der Waals surface area contributed by atoms with Crippen molar-refractivity contribution in [1.82, 2.24) is 9.80 Å². The number of carbonyl (C=O) groups excluding carboxylic acids is 1. The zero-order valence-corrected chi connectivity index (χ0v) is 15.7. The molecule has 2 aliphatic rings. The molecule has 2 aromatic carbocycles. The summed E-state index contributed by atoms with van der Waals surface area (Å²) in [6, 6.07) is 11.5. The lowest BCUT2D eigenvalue weighted by molar-refractivity contribution is -0.497. The average molecular weight is 401 g/mol. The second-order valence-electron chi connectivity index (χ2n) is 7.56. The molecule has 1 amide bonds. The summed E-state index contributed by atoms with van der Waals surface area (Å²) >= 11 is 0. The van der Waals surface area contributed by atoms with Crippen molar-refractivity contribution in [2.45, 2.75) is 18.5 Å². The number of hydrogen-bond donors (Lipinski definition) is 0. The van der Waals surface area contributed by atoms with Crippen LogP contribution in [-0.4, -0.2) is 52.9 Å². The third kappa shape index (κ3) is 4.12. The Balaban J connectivity index is 1.49. The van der Waals surface area contributed by atoms with E-state index in [-0.39, 0.29) is 28.5 Å². The quantitative estimate of drug-likeness (QED) is 0.571. The van der Waals surface area contributed by atoms with Gasteiger partial charge in [0.1, 0.15) is 17.6 Å². The van der Waals surface area contributed by atoms with Crippen molar-refractivity contribution in [2.24, 2.45) is 5.92 Å². The smallest absolute Gasteiger partial charge is 0.232 e. The summed E-state index contributed by atoms with van der Waals surface area (Å²) in [5.74, 6) is -1.30. The normalized spacial score (nSPS) is 22.0. The third-order valence-electron chi connectivity index (χ3n) is 5.71. The van der Waals surface area contributed by atoms with Crippen LogP contribution in [-0.2, 0) is 4.79 Å². The molecule has 0 bridgehead atoms. The molecular weight excluding hydrogens is 380 g/mol. The molecular formula is C21H21F2N3O3. The zero-order chi connectivity index (χ0) is 20.5. The minimum atomic E-state index is -0.744. The van der Waals surface area contributed by atoms with Gasteiger partial charge >= 0.3 is 0 Å². The van der Waals surface area contributed by atoms with Crippen molar-refractivity contribution in [2.75, 3.05) is 26.2 Å². The third-order valence-corrected chi connectivity index (χ3v) is 5.71. The Morgan fingerprint density at radius 3 is 1.83 bits per heavy atom. The highest BCUT2D eigenvalue weighted by atomic mass is 19.1. The minimum Gasteiger partial charge on any atom is -0.340 e. The van der Waals surface area contributed by atoms with Crippen LogP contribution in [0.5, 0.6) is 0 Å². The van der Waals surface area contributed by atoms with Crippen LogP contribution in [0.2, 0.25) is 0 Å². The monoisotopic (exact) mass is 401 g/mol. The van der Waals surface area contributed by atoms with Gasteiger partial charge in [0.05, 0.1) is 6.04 Å². The van der Waals surface area contributed by atoms with Gasteiger partial charge in [-0.2, -0.15) is 0 Å². The fourth-order valence-electron chi connectivity index (χ4n) is 4.02. The molecule has 2 unspecified atom stereocenters. The van der Waals surface area contributed by atoms with Crippen LogP contribution in [0.15, 0.2) is 48.5 Å². The minimum absolute atomic E-state index is 0.147. The molecule has 2 aromatic rings. The molecule has 0 aromatic heterocycles. The summed E-state index contributed by atoms with van der Waals surface area (Å²) in [4.78, 5) is 26.8. The van der Waals surface area contributed by atoms with E-state index in [1.165, 1.54) is 24.3 Å². The van der Waals surface area contributed by atoms with E-state index in [4.69, 9.17) is 0 Å². The number of halogens is 2. The second-order valence-corrected chi connectivity index (χ2v) is 7.56. The second kappa shape index (κ2) is 7.87. The van der Waals surface area contributed by atoms with Crippen molar-refractivity contribution in [3.63, 3.8) is 0 Å². The zero-order valence-electron chi connectivity index (χ0n) is 15.7. The van der Waals surface area contributed by atoms with Crippen molar-refractivity contribution < 1.29 is 18.5 Å². The topological polar surface area (TPSA) is 66.7 Å². The van der Waals surface area contributed by atoms with Crippen molar-refractivity contribution in [1.29, 1.82) is 0 Å². The SMILES string of the molecule is O=C(C1CC1[N+](=O)[O-])N1CCN(C(c2ccc(F)cc2)c2ccc(F)cc2)CC1. The molecule has 0 radical (unpaired) electrons. The fourth-order valence-corrected chi connectivity index (χ4v) is 4.02. The van der Waals surface area contributed by atoms with Crippen LogP contribution < -0.4 is 0 Å². The molecule has 1 saturated carbocycles. The van der Waals surface area contributed by atoms with E-state index in [1.807, 2.05) is 0 Å². The predicted molar refractivity (Wildman–Crippen MR) is 102 cm³/mol. The molecule has 29 heavy (non-hydrogen) atoms. The number of carbonyl (C=O) groups is 1. The lowest BCUT2D eigenvalue weighted by Crippen LogP contribution is -2.50. The summed E-state index contributed by atoms with van der Waals surface area (Å²) in [5, 5.41) is 10.8. The van der Waals surface area contributed by atoms with E-state index >= 15 is 0 Å². The van der Waals surface area contributed by atoms with Crippen LogP contribution in [0.3, 0.4) is 0 Å². The van der Waals surface area contributed by atoms with Crippen LogP contribution in [0.25, 0.3) is 0 Å². The van der Waals surface area contributed by atoms with E-state index in [0.29, 0.717) is 32.6 Å². The first kappa shape index (κ1) is 19.4.